The zero-order valence-corrected chi connectivity index (χ0v) is 10.7. The minimum atomic E-state index is -0.285. The van der Waals surface area contributed by atoms with Crippen molar-refractivity contribution in [2.45, 2.75) is 18.8 Å². The van der Waals surface area contributed by atoms with Gasteiger partial charge >= 0.3 is 0 Å². The first kappa shape index (κ1) is 11.6. The Morgan fingerprint density at radius 2 is 2.28 bits per heavy atom. The molecule has 1 atom stereocenters. The van der Waals surface area contributed by atoms with Crippen LogP contribution in [-0.2, 0) is 0 Å². The van der Waals surface area contributed by atoms with Crippen molar-refractivity contribution in [3.8, 4) is 0 Å². The van der Waals surface area contributed by atoms with Gasteiger partial charge in [0.1, 0.15) is 11.6 Å². The fraction of sp³-hybridized carbons (Fsp3) is 0.385. The van der Waals surface area contributed by atoms with Crippen molar-refractivity contribution in [2.75, 3.05) is 18.0 Å². The summed E-state index contributed by atoms with van der Waals surface area (Å²) in [5.41, 5.74) is 0. The number of anilines is 1. The van der Waals surface area contributed by atoms with Gasteiger partial charge < -0.3 is 4.90 Å². The number of halogens is 1. The maximum Gasteiger partial charge on any atom is 0.141 e. The number of piperidine rings is 1. The summed E-state index contributed by atoms with van der Waals surface area (Å²) >= 11 is 1.71. The van der Waals surface area contributed by atoms with Crippen molar-refractivity contribution in [2.24, 2.45) is 0 Å². The Balaban J connectivity index is 1.76. The molecule has 0 spiro atoms. The number of hydrogen-bond donors (Lipinski definition) is 0. The molecule has 1 aliphatic rings. The van der Waals surface area contributed by atoms with Crippen LogP contribution in [0.4, 0.5) is 10.2 Å². The second kappa shape index (κ2) is 5.02. The Labute approximate surface area is 109 Å². The van der Waals surface area contributed by atoms with Crippen molar-refractivity contribution >= 4 is 17.2 Å². The van der Waals surface area contributed by atoms with Crippen LogP contribution in [0.3, 0.4) is 0 Å². The topological polar surface area (TPSA) is 29.0 Å². The van der Waals surface area contributed by atoms with Gasteiger partial charge in [-0.25, -0.2) is 14.4 Å². The SMILES string of the molecule is Fc1ccc(N2CCC[C@@H](c3nccs3)C2)nc1. The largest absolute Gasteiger partial charge is 0.356 e. The number of nitrogens with zero attached hydrogens (tertiary/aromatic N) is 3. The molecule has 0 amide bonds. The summed E-state index contributed by atoms with van der Waals surface area (Å²) < 4.78 is 12.9. The van der Waals surface area contributed by atoms with Crippen molar-refractivity contribution in [1.82, 2.24) is 9.97 Å². The molecule has 0 aromatic carbocycles. The maximum atomic E-state index is 12.9. The summed E-state index contributed by atoms with van der Waals surface area (Å²) in [6.45, 7) is 1.91. The summed E-state index contributed by atoms with van der Waals surface area (Å²) in [6.07, 6.45) is 5.44. The van der Waals surface area contributed by atoms with Crippen LogP contribution in [0.1, 0.15) is 23.8 Å². The lowest BCUT2D eigenvalue weighted by atomic mass is 9.99. The third-order valence-electron chi connectivity index (χ3n) is 3.26. The molecule has 1 saturated heterocycles. The Morgan fingerprint density at radius 3 is 3.00 bits per heavy atom. The van der Waals surface area contributed by atoms with Gasteiger partial charge in [-0.1, -0.05) is 0 Å². The number of aromatic nitrogens is 2. The van der Waals surface area contributed by atoms with Crippen LogP contribution in [0.5, 0.6) is 0 Å². The minimum Gasteiger partial charge on any atom is -0.356 e. The highest BCUT2D eigenvalue weighted by atomic mass is 32.1. The number of thiazole rings is 1. The standard InChI is InChI=1S/C13H14FN3S/c14-11-3-4-12(16-8-11)17-6-1-2-10(9-17)13-15-5-7-18-13/h3-5,7-8,10H,1-2,6,9H2/t10-/m1/s1. The predicted octanol–water partition coefficient (Wildman–Crippen LogP) is 3.06. The second-order valence-electron chi connectivity index (χ2n) is 4.49. The molecule has 0 unspecified atom stereocenters. The molecule has 0 N–H and O–H groups in total. The Morgan fingerprint density at radius 1 is 1.33 bits per heavy atom. The molecule has 94 valence electrons. The normalized spacial score (nSPS) is 20.1. The van der Waals surface area contributed by atoms with E-state index in [1.807, 2.05) is 11.6 Å². The first-order chi connectivity index (χ1) is 8.83. The van der Waals surface area contributed by atoms with Crippen molar-refractivity contribution in [1.29, 1.82) is 0 Å². The average Bonchev–Trinajstić information content (AvgIpc) is 2.94. The van der Waals surface area contributed by atoms with Crippen LogP contribution >= 0.6 is 11.3 Å². The first-order valence-corrected chi connectivity index (χ1v) is 6.97. The summed E-state index contributed by atoms with van der Waals surface area (Å²) in [5.74, 6) is 1.05. The van der Waals surface area contributed by atoms with E-state index in [-0.39, 0.29) is 5.82 Å². The molecule has 3 rings (SSSR count). The molecular weight excluding hydrogens is 249 g/mol. The summed E-state index contributed by atoms with van der Waals surface area (Å²) in [5, 5.41) is 3.21. The van der Waals surface area contributed by atoms with Crippen molar-refractivity contribution < 1.29 is 4.39 Å². The van der Waals surface area contributed by atoms with E-state index in [4.69, 9.17) is 0 Å². The molecule has 1 fully saturated rings. The van der Waals surface area contributed by atoms with Crippen LogP contribution in [0.25, 0.3) is 0 Å². The van der Waals surface area contributed by atoms with Gasteiger partial charge in [-0.15, -0.1) is 11.3 Å². The molecule has 5 heteroatoms. The lowest BCUT2D eigenvalue weighted by molar-refractivity contribution is 0.504. The van der Waals surface area contributed by atoms with E-state index in [2.05, 4.69) is 14.9 Å². The van der Waals surface area contributed by atoms with E-state index in [1.54, 1.807) is 17.4 Å². The minimum absolute atomic E-state index is 0.285. The maximum absolute atomic E-state index is 12.9. The summed E-state index contributed by atoms with van der Waals surface area (Å²) in [4.78, 5) is 10.8. The average molecular weight is 263 g/mol. The van der Waals surface area contributed by atoms with Gasteiger partial charge in [0.25, 0.3) is 0 Å². The van der Waals surface area contributed by atoms with Gasteiger partial charge in [0, 0.05) is 30.6 Å². The van der Waals surface area contributed by atoms with E-state index in [0.717, 1.165) is 25.3 Å². The molecule has 1 aliphatic heterocycles. The van der Waals surface area contributed by atoms with E-state index in [9.17, 15) is 4.39 Å². The lowest BCUT2D eigenvalue weighted by Gasteiger charge is -2.32. The zero-order chi connectivity index (χ0) is 12.4. The van der Waals surface area contributed by atoms with E-state index in [1.165, 1.54) is 23.7 Å². The van der Waals surface area contributed by atoms with Gasteiger partial charge in [0.2, 0.25) is 0 Å². The molecule has 3 nitrogen and oxygen atoms in total. The molecule has 3 heterocycles. The molecule has 2 aromatic heterocycles. The fourth-order valence-corrected chi connectivity index (χ4v) is 3.15. The monoisotopic (exact) mass is 263 g/mol. The lowest BCUT2D eigenvalue weighted by Crippen LogP contribution is -2.34. The molecule has 0 aliphatic carbocycles. The van der Waals surface area contributed by atoms with Gasteiger partial charge in [0.05, 0.1) is 11.2 Å². The number of rotatable bonds is 2. The van der Waals surface area contributed by atoms with Crippen molar-refractivity contribution in [3.63, 3.8) is 0 Å². The van der Waals surface area contributed by atoms with Crippen LogP contribution in [0, 0.1) is 5.82 Å². The highest BCUT2D eigenvalue weighted by Gasteiger charge is 2.23. The van der Waals surface area contributed by atoms with Crippen LogP contribution in [0.15, 0.2) is 29.9 Å². The molecule has 18 heavy (non-hydrogen) atoms. The van der Waals surface area contributed by atoms with Crippen LogP contribution < -0.4 is 4.90 Å². The molecule has 0 bridgehead atoms. The molecule has 0 radical (unpaired) electrons. The summed E-state index contributed by atoms with van der Waals surface area (Å²) in [7, 11) is 0. The smallest absolute Gasteiger partial charge is 0.141 e. The fourth-order valence-electron chi connectivity index (χ4n) is 2.38. The second-order valence-corrected chi connectivity index (χ2v) is 5.42. The predicted molar refractivity (Wildman–Crippen MR) is 70.5 cm³/mol. The van der Waals surface area contributed by atoms with Crippen LogP contribution in [0.2, 0.25) is 0 Å². The third kappa shape index (κ3) is 2.36. The molecular formula is C13H14FN3S. The molecule has 0 saturated carbocycles. The van der Waals surface area contributed by atoms with E-state index in [0.29, 0.717) is 5.92 Å². The highest BCUT2D eigenvalue weighted by Crippen LogP contribution is 2.30. The third-order valence-corrected chi connectivity index (χ3v) is 4.20. The highest BCUT2D eigenvalue weighted by molar-refractivity contribution is 7.09. The Kier molecular flexibility index (Phi) is 3.23. The Bertz CT molecular complexity index is 497. The van der Waals surface area contributed by atoms with Crippen molar-refractivity contribution in [3.05, 3.63) is 40.7 Å². The van der Waals surface area contributed by atoms with Gasteiger partial charge in [-0.05, 0) is 25.0 Å². The van der Waals surface area contributed by atoms with E-state index < -0.39 is 0 Å². The van der Waals surface area contributed by atoms with Gasteiger partial charge in [-0.3, -0.25) is 0 Å². The Hall–Kier alpha value is -1.49. The van der Waals surface area contributed by atoms with E-state index >= 15 is 0 Å². The number of hydrogen-bond acceptors (Lipinski definition) is 4. The zero-order valence-electron chi connectivity index (χ0n) is 9.92. The van der Waals surface area contributed by atoms with Gasteiger partial charge in [-0.2, -0.15) is 0 Å². The first-order valence-electron chi connectivity index (χ1n) is 6.09. The summed E-state index contributed by atoms with van der Waals surface area (Å²) in [6, 6.07) is 3.22. The van der Waals surface area contributed by atoms with Gasteiger partial charge in [0.15, 0.2) is 0 Å². The molecule has 2 aromatic rings. The number of pyridine rings is 1. The van der Waals surface area contributed by atoms with Crippen LogP contribution in [-0.4, -0.2) is 23.1 Å². The quantitative estimate of drug-likeness (QED) is 0.834.